The molecule has 6 nitrogen and oxygen atoms in total. The van der Waals surface area contributed by atoms with Crippen LogP contribution >= 0.6 is 35.3 Å². The summed E-state index contributed by atoms with van der Waals surface area (Å²) in [4.78, 5) is 9.86. The van der Waals surface area contributed by atoms with Gasteiger partial charge < -0.3 is 20.1 Å². The van der Waals surface area contributed by atoms with E-state index in [1.165, 1.54) is 4.88 Å². The SMILES string of the molecule is CN=C(NCc1ccc(Oc2cccc(OC)c2)nc1)NCc1cccs1.I. The predicted octanol–water partition coefficient (Wildman–Crippen LogP) is 4.43. The van der Waals surface area contributed by atoms with Gasteiger partial charge in [0.05, 0.1) is 13.7 Å². The van der Waals surface area contributed by atoms with Crippen LogP contribution in [0.5, 0.6) is 17.4 Å². The molecular formula is C20H23IN4O2S. The Morgan fingerprint density at radius 3 is 2.57 bits per heavy atom. The fourth-order valence-electron chi connectivity index (χ4n) is 2.35. The average molecular weight is 510 g/mol. The van der Waals surface area contributed by atoms with E-state index < -0.39 is 0 Å². The Balaban J connectivity index is 0.00000280. The van der Waals surface area contributed by atoms with E-state index in [9.17, 15) is 0 Å². The maximum atomic E-state index is 5.76. The zero-order chi connectivity index (χ0) is 18.9. The number of aromatic nitrogens is 1. The van der Waals surface area contributed by atoms with Crippen molar-refractivity contribution in [1.29, 1.82) is 0 Å². The maximum absolute atomic E-state index is 5.76. The van der Waals surface area contributed by atoms with Gasteiger partial charge in [0.15, 0.2) is 5.96 Å². The number of methoxy groups -OCH3 is 1. The molecule has 0 unspecified atom stereocenters. The van der Waals surface area contributed by atoms with Crippen LogP contribution in [0.4, 0.5) is 0 Å². The molecule has 0 saturated carbocycles. The molecule has 28 heavy (non-hydrogen) atoms. The van der Waals surface area contributed by atoms with E-state index in [4.69, 9.17) is 9.47 Å². The van der Waals surface area contributed by atoms with E-state index in [0.29, 0.717) is 18.2 Å². The number of aliphatic imine (C=N–C) groups is 1. The Morgan fingerprint density at radius 2 is 1.89 bits per heavy atom. The maximum Gasteiger partial charge on any atom is 0.219 e. The van der Waals surface area contributed by atoms with E-state index in [-0.39, 0.29) is 24.0 Å². The number of thiophene rings is 1. The van der Waals surface area contributed by atoms with Gasteiger partial charge in [0.2, 0.25) is 5.88 Å². The number of nitrogens with zero attached hydrogens (tertiary/aromatic N) is 2. The molecule has 0 amide bonds. The first kappa shape index (κ1) is 22.0. The first-order chi connectivity index (χ1) is 13.3. The molecule has 2 heterocycles. The summed E-state index contributed by atoms with van der Waals surface area (Å²) in [7, 11) is 3.38. The van der Waals surface area contributed by atoms with Crippen molar-refractivity contribution in [2.75, 3.05) is 14.2 Å². The van der Waals surface area contributed by atoms with Crippen molar-refractivity contribution in [3.63, 3.8) is 0 Å². The summed E-state index contributed by atoms with van der Waals surface area (Å²) in [6, 6.07) is 15.4. The zero-order valence-electron chi connectivity index (χ0n) is 15.7. The summed E-state index contributed by atoms with van der Waals surface area (Å²) < 4.78 is 11.0. The molecule has 8 heteroatoms. The van der Waals surface area contributed by atoms with E-state index >= 15 is 0 Å². The van der Waals surface area contributed by atoms with Crippen molar-refractivity contribution in [2.24, 2.45) is 4.99 Å². The summed E-state index contributed by atoms with van der Waals surface area (Å²) >= 11 is 1.72. The third-order valence-electron chi connectivity index (χ3n) is 3.75. The highest BCUT2D eigenvalue weighted by molar-refractivity contribution is 14.0. The minimum Gasteiger partial charge on any atom is -0.497 e. The Labute approximate surface area is 186 Å². The van der Waals surface area contributed by atoms with Gasteiger partial charge >= 0.3 is 0 Å². The van der Waals surface area contributed by atoms with Crippen LogP contribution in [-0.2, 0) is 13.1 Å². The molecule has 0 atom stereocenters. The van der Waals surface area contributed by atoms with Crippen LogP contribution in [0.25, 0.3) is 0 Å². The van der Waals surface area contributed by atoms with Crippen molar-refractivity contribution in [3.05, 3.63) is 70.5 Å². The first-order valence-corrected chi connectivity index (χ1v) is 9.38. The molecule has 0 radical (unpaired) electrons. The zero-order valence-corrected chi connectivity index (χ0v) is 18.9. The second-order valence-electron chi connectivity index (χ2n) is 5.64. The molecule has 0 bridgehead atoms. The van der Waals surface area contributed by atoms with Gasteiger partial charge in [-0.15, -0.1) is 35.3 Å². The third-order valence-corrected chi connectivity index (χ3v) is 4.63. The molecule has 0 saturated heterocycles. The van der Waals surface area contributed by atoms with Crippen LogP contribution in [0.15, 0.2) is 65.1 Å². The lowest BCUT2D eigenvalue weighted by atomic mass is 10.3. The van der Waals surface area contributed by atoms with Gasteiger partial charge in [-0.3, -0.25) is 4.99 Å². The molecule has 3 aromatic rings. The largest absolute Gasteiger partial charge is 0.497 e. The van der Waals surface area contributed by atoms with Crippen molar-refractivity contribution >= 4 is 41.3 Å². The van der Waals surface area contributed by atoms with Crippen LogP contribution < -0.4 is 20.1 Å². The highest BCUT2D eigenvalue weighted by Gasteiger charge is 2.03. The van der Waals surface area contributed by atoms with Crippen molar-refractivity contribution < 1.29 is 9.47 Å². The third kappa shape index (κ3) is 6.68. The van der Waals surface area contributed by atoms with Gasteiger partial charge in [-0.25, -0.2) is 4.98 Å². The van der Waals surface area contributed by atoms with Crippen LogP contribution in [0.3, 0.4) is 0 Å². The summed E-state index contributed by atoms with van der Waals surface area (Å²) in [6.45, 7) is 1.37. The Hall–Kier alpha value is -2.33. The first-order valence-electron chi connectivity index (χ1n) is 8.50. The summed E-state index contributed by atoms with van der Waals surface area (Å²) in [5.41, 5.74) is 1.03. The van der Waals surface area contributed by atoms with E-state index in [1.54, 1.807) is 31.7 Å². The van der Waals surface area contributed by atoms with Gasteiger partial charge in [0.1, 0.15) is 11.5 Å². The van der Waals surface area contributed by atoms with Gasteiger partial charge in [-0.2, -0.15) is 0 Å². The normalized spacial score (nSPS) is 10.7. The van der Waals surface area contributed by atoms with E-state index in [0.717, 1.165) is 23.8 Å². The number of hydrogen-bond donors (Lipinski definition) is 2. The van der Waals surface area contributed by atoms with Gasteiger partial charge in [-0.05, 0) is 29.1 Å². The number of ether oxygens (including phenoxy) is 2. The lowest BCUT2D eigenvalue weighted by molar-refractivity contribution is 0.407. The molecule has 2 aromatic heterocycles. The van der Waals surface area contributed by atoms with Crippen LogP contribution in [-0.4, -0.2) is 25.1 Å². The number of nitrogens with one attached hydrogen (secondary N) is 2. The van der Waals surface area contributed by atoms with Crippen molar-refractivity contribution in [2.45, 2.75) is 13.1 Å². The second-order valence-corrected chi connectivity index (χ2v) is 6.68. The van der Waals surface area contributed by atoms with Gasteiger partial charge in [0, 0.05) is 36.8 Å². The number of pyridine rings is 1. The quantitative estimate of drug-likeness (QED) is 0.280. The highest BCUT2D eigenvalue weighted by Crippen LogP contribution is 2.23. The topological polar surface area (TPSA) is 67.8 Å². The lowest BCUT2D eigenvalue weighted by Gasteiger charge is -2.11. The molecule has 0 aliphatic heterocycles. The van der Waals surface area contributed by atoms with Crippen LogP contribution in [0.2, 0.25) is 0 Å². The smallest absolute Gasteiger partial charge is 0.219 e. The van der Waals surface area contributed by atoms with Crippen molar-refractivity contribution in [3.8, 4) is 17.4 Å². The predicted molar refractivity (Wildman–Crippen MR) is 124 cm³/mol. The number of rotatable bonds is 7. The number of hydrogen-bond acceptors (Lipinski definition) is 5. The minimum absolute atomic E-state index is 0. The fourth-order valence-corrected chi connectivity index (χ4v) is 3.00. The number of benzene rings is 1. The molecule has 0 fully saturated rings. The van der Waals surface area contributed by atoms with E-state index in [1.807, 2.05) is 42.5 Å². The number of guanidine groups is 1. The molecule has 0 spiro atoms. The van der Waals surface area contributed by atoms with Crippen molar-refractivity contribution in [1.82, 2.24) is 15.6 Å². The molecule has 0 aliphatic carbocycles. The molecule has 3 rings (SSSR count). The minimum atomic E-state index is 0. The monoisotopic (exact) mass is 510 g/mol. The summed E-state index contributed by atoms with van der Waals surface area (Å²) in [5.74, 6) is 2.72. The second kappa shape index (κ2) is 11.5. The Kier molecular flexibility index (Phi) is 9.02. The molecule has 0 aliphatic rings. The lowest BCUT2D eigenvalue weighted by Crippen LogP contribution is -2.36. The van der Waals surface area contributed by atoms with E-state index in [2.05, 4.69) is 32.1 Å². The highest BCUT2D eigenvalue weighted by atomic mass is 127. The average Bonchev–Trinajstić information content (AvgIpc) is 3.23. The fraction of sp³-hybridized carbons (Fsp3) is 0.200. The van der Waals surface area contributed by atoms with Gasteiger partial charge in [0.25, 0.3) is 0 Å². The Morgan fingerprint density at radius 1 is 1.07 bits per heavy atom. The molecule has 148 valence electrons. The van der Waals surface area contributed by atoms with Gasteiger partial charge in [-0.1, -0.05) is 18.2 Å². The summed E-state index contributed by atoms with van der Waals surface area (Å²) in [5, 5.41) is 8.63. The summed E-state index contributed by atoms with van der Waals surface area (Å²) in [6.07, 6.45) is 1.79. The standard InChI is InChI=1S/C20H22N4O2S.HI/c1-21-20(24-14-18-7-4-10-27-18)23-13-15-8-9-19(22-12-15)26-17-6-3-5-16(11-17)25-2;/h3-12H,13-14H2,1-2H3,(H2,21,23,24);1H. The number of halogens is 1. The molecule has 1 aromatic carbocycles. The van der Waals surface area contributed by atoms with Crippen LogP contribution in [0.1, 0.15) is 10.4 Å². The molecular weight excluding hydrogens is 487 g/mol. The Bertz CT molecular complexity index is 870. The molecule has 2 N–H and O–H groups in total. The van der Waals surface area contributed by atoms with Crippen LogP contribution in [0, 0.1) is 0 Å².